The lowest BCUT2D eigenvalue weighted by Gasteiger charge is -2.31. The van der Waals surface area contributed by atoms with E-state index in [1.165, 1.54) is 24.1 Å². The molecule has 5 heteroatoms. The average molecular weight is 287 g/mol. The zero-order valence-corrected chi connectivity index (χ0v) is 13.1. The second kappa shape index (κ2) is 5.40. The van der Waals surface area contributed by atoms with Gasteiger partial charge in [0.15, 0.2) is 0 Å². The summed E-state index contributed by atoms with van der Waals surface area (Å²) in [6.45, 7) is 5.09. The van der Waals surface area contributed by atoms with Crippen LogP contribution in [0.3, 0.4) is 0 Å². The van der Waals surface area contributed by atoms with E-state index in [2.05, 4.69) is 45.6 Å². The monoisotopic (exact) mass is 287 g/mol. The van der Waals surface area contributed by atoms with Crippen LogP contribution in [0, 0.1) is 0 Å². The van der Waals surface area contributed by atoms with Gasteiger partial charge in [-0.3, -0.25) is 4.35 Å². The normalized spacial score (nSPS) is 25.8. The number of rotatable bonds is 4. The Hall–Kier alpha value is -1.62. The molecule has 0 amide bonds. The van der Waals surface area contributed by atoms with Crippen LogP contribution in [0.2, 0.25) is 11.6 Å². The molecule has 1 aliphatic rings. The zero-order valence-electron chi connectivity index (χ0n) is 12.1. The molecular formula is C15H21N3OSi. The summed E-state index contributed by atoms with van der Waals surface area (Å²) in [4.78, 5) is 4.18. The summed E-state index contributed by atoms with van der Waals surface area (Å²) in [6, 6.07) is 9.91. The van der Waals surface area contributed by atoms with E-state index in [0.29, 0.717) is 12.1 Å². The molecule has 2 heterocycles. The van der Waals surface area contributed by atoms with Gasteiger partial charge in [-0.1, -0.05) is 31.9 Å². The molecule has 106 valence electrons. The average Bonchev–Trinajstić information content (AvgIpc) is 3.10. The van der Waals surface area contributed by atoms with Gasteiger partial charge in [-0.15, -0.1) is 0 Å². The van der Waals surface area contributed by atoms with Gasteiger partial charge in [0, 0.05) is 0 Å². The van der Waals surface area contributed by atoms with Gasteiger partial charge in [0.25, 0.3) is 0 Å². The molecule has 0 spiro atoms. The molecule has 0 saturated carbocycles. The van der Waals surface area contributed by atoms with E-state index in [1.54, 1.807) is 6.33 Å². The molecule has 1 aromatic heterocycles. The standard InChI is InChI=1S/C15H21N3OSi/c1-3-19-14-6-8-15(9-7-14)20(10-4-5-13(20)2)18-12-16-11-17-18/h6-9,11-13H,3-5,10H2,1-2H3. The van der Waals surface area contributed by atoms with Crippen LogP contribution in [0.15, 0.2) is 36.9 Å². The fraction of sp³-hybridized carbons (Fsp3) is 0.467. The topological polar surface area (TPSA) is 39.9 Å². The minimum atomic E-state index is -1.79. The minimum Gasteiger partial charge on any atom is -0.494 e. The Morgan fingerprint density at radius 2 is 2.15 bits per heavy atom. The molecule has 1 fully saturated rings. The van der Waals surface area contributed by atoms with Crippen molar-refractivity contribution in [1.82, 2.24) is 14.4 Å². The maximum Gasteiger partial charge on any atom is 0.220 e. The van der Waals surface area contributed by atoms with Gasteiger partial charge in [-0.2, -0.15) is 5.10 Å². The molecule has 0 aliphatic carbocycles. The van der Waals surface area contributed by atoms with Crippen molar-refractivity contribution >= 4 is 13.4 Å². The van der Waals surface area contributed by atoms with Crippen molar-refractivity contribution in [2.45, 2.75) is 38.3 Å². The summed E-state index contributed by atoms with van der Waals surface area (Å²) in [5.41, 5.74) is 0.696. The first-order valence-corrected chi connectivity index (χ1v) is 9.59. The summed E-state index contributed by atoms with van der Waals surface area (Å²) in [5.74, 6) is 0.949. The predicted molar refractivity (Wildman–Crippen MR) is 81.9 cm³/mol. The first kappa shape index (κ1) is 13.4. The van der Waals surface area contributed by atoms with Crippen LogP contribution in [0.5, 0.6) is 5.75 Å². The van der Waals surface area contributed by atoms with E-state index < -0.39 is 8.24 Å². The maximum atomic E-state index is 5.55. The summed E-state index contributed by atoms with van der Waals surface area (Å²) in [5, 5.41) is 5.93. The maximum absolute atomic E-state index is 5.55. The highest BCUT2D eigenvalue weighted by Crippen LogP contribution is 2.39. The first-order valence-electron chi connectivity index (χ1n) is 7.36. The van der Waals surface area contributed by atoms with Gasteiger partial charge in [0.05, 0.1) is 6.61 Å². The number of nitrogens with zero attached hydrogens (tertiary/aromatic N) is 3. The molecule has 0 N–H and O–H groups in total. The molecule has 4 nitrogen and oxygen atoms in total. The van der Waals surface area contributed by atoms with Gasteiger partial charge in [0.1, 0.15) is 18.4 Å². The molecular weight excluding hydrogens is 266 g/mol. The SMILES string of the molecule is CCOc1ccc([Si]2(n3cncn3)CCCC2C)cc1. The number of aromatic nitrogens is 3. The third-order valence-electron chi connectivity index (χ3n) is 4.50. The lowest BCUT2D eigenvalue weighted by atomic mass is 10.3. The quantitative estimate of drug-likeness (QED) is 0.811. The van der Waals surface area contributed by atoms with E-state index in [1.807, 2.05) is 13.3 Å². The largest absolute Gasteiger partial charge is 0.494 e. The van der Waals surface area contributed by atoms with E-state index in [-0.39, 0.29) is 0 Å². The Labute approximate surface area is 120 Å². The van der Waals surface area contributed by atoms with Crippen LogP contribution < -0.4 is 9.92 Å². The third kappa shape index (κ3) is 2.06. The highest BCUT2D eigenvalue weighted by Gasteiger charge is 2.47. The molecule has 2 aromatic rings. The van der Waals surface area contributed by atoms with Gasteiger partial charge >= 0.3 is 0 Å². The molecule has 0 bridgehead atoms. The van der Waals surface area contributed by atoms with Crippen molar-refractivity contribution in [1.29, 1.82) is 0 Å². The smallest absolute Gasteiger partial charge is 0.220 e. The Morgan fingerprint density at radius 1 is 1.35 bits per heavy atom. The lowest BCUT2D eigenvalue weighted by molar-refractivity contribution is 0.340. The number of ether oxygens (including phenoxy) is 1. The highest BCUT2D eigenvalue weighted by atomic mass is 28.3. The van der Waals surface area contributed by atoms with Crippen molar-refractivity contribution < 1.29 is 4.74 Å². The van der Waals surface area contributed by atoms with Crippen molar-refractivity contribution in [3.63, 3.8) is 0 Å². The first-order chi connectivity index (χ1) is 9.77. The van der Waals surface area contributed by atoms with Crippen molar-refractivity contribution in [2.75, 3.05) is 6.61 Å². The molecule has 20 heavy (non-hydrogen) atoms. The summed E-state index contributed by atoms with van der Waals surface area (Å²) < 4.78 is 7.74. The van der Waals surface area contributed by atoms with Crippen LogP contribution in [0.4, 0.5) is 0 Å². The second-order valence-corrected chi connectivity index (χ2v) is 9.88. The van der Waals surface area contributed by atoms with Crippen molar-refractivity contribution in [3.05, 3.63) is 36.9 Å². The van der Waals surface area contributed by atoms with E-state index >= 15 is 0 Å². The van der Waals surface area contributed by atoms with Gasteiger partial charge in [0.2, 0.25) is 8.24 Å². The molecule has 1 saturated heterocycles. The fourth-order valence-corrected chi connectivity index (χ4v) is 8.48. The van der Waals surface area contributed by atoms with Crippen molar-refractivity contribution in [2.24, 2.45) is 0 Å². The molecule has 2 atom stereocenters. The van der Waals surface area contributed by atoms with E-state index in [9.17, 15) is 0 Å². The zero-order chi connectivity index (χ0) is 14.0. The Morgan fingerprint density at radius 3 is 2.70 bits per heavy atom. The van der Waals surface area contributed by atoms with E-state index in [0.717, 1.165) is 5.75 Å². The van der Waals surface area contributed by atoms with E-state index in [4.69, 9.17) is 4.74 Å². The van der Waals surface area contributed by atoms with Gasteiger partial charge in [-0.25, -0.2) is 4.98 Å². The number of benzene rings is 1. The minimum absolute atomic E-state index is 0.696. The lowest BCUT2D eigenvalue weighted by Crippen LogP contribution is -2.55. The summed E-state index contributed by atoms with van der Waals surface area (Å²) in [7, 11) is -1.79. The van der Waals surface area contributed by atoms with Crippen LogP contribution >= 0.6 is 0 Å². The molecule has 1 aromatic carbocycles. The van der Waals surface area contributed by atoms with Gasteiger partial charge in [-0.05, 0) is 35.8 Å². The molecule has 3 rings (SSSR count). The second-order valence-electron chi connectivity index (χ2n) is 5.51. The van der Waals surface area contributed by atoms with Crippen LogP contribution in [-0.2, 0) is 0 Å². The Kier molecular flexibility index (Phi) is 3.61. The number of hydrogen-bond donors (Lipinski definition) is 0. The summed E-state index contributed by atoms with van der Waals surface area (Å²) >= 11 is 0. The van der Waals surface area contributed by atoms with Crippen LogP contribution in [0.1, 0.15) is 26.7 Å². The summed E-state index contributed by atoms with van der Waals surface area (Å²) in [6.07, 6.45) is 6.15. The predicted octanol–water partition coefficient (Wildman–Crippen LogP) is 2.56. The fourth-order valence-electron chi connectivity index (χ4n) is 3.49. The highest BCUT2D eigenvalue weighted by molar-refractivity contribution is 6.92. The number of hydrogen-bond acceptors (Lipinski definition) is 3. The van der Waals surface area contributed by atoms with Crippen LogP contribution in [-0.4, -0.2) is 29.3 Å². The molecule has 0 radical (unpaired) electrons. The molecule has 1 aliphatic heterocycles. The Bertz CT molecular complexity index is 555. The Balaban J connectivity index is 2.02. The van der Waals surface area contributed by atoms with Crippen LogP contribution in [0.25, 0.3) is 0 Å². The molecule has 2 unspecified atom stereocenters. The van der Waals surface area contributed by atoms with Crippen molar-refractivity contribution in [3.8, 4) is 5.75 Å². The van der Waals surface area contributed by atoms with Gasteiger partial charge < -0.3 is 4.74 Å². The third-order valence-corrected chi connectivity index (χ3v) is 9.92.